The molecule has 0 amide bonds. The summed E-state index contributed by atoms with van der Waals surface area (Å²) in [6.45, 7) is 11.2. The van der Waals surface area contributed by atoms with Gasteiger partial charge in [0.2, 0.25) is 0 Å². The number of ether oxygens (including phenoxy) is 1. The van der Waals surface area contributed by atoms with E-state index in [0.717, 1.165) is 19.1 Å². The topological polar surface area (TPSA) is 21.3 Å². The lowest BCUT2D eigenvalue weighted by Gasteiger charge is -2.17. The molecule has 0 saturated heterocycles. The van der Waals surface area contributed by atoms with Crippen molar-refractivity contribution in [2.75, 3.05) is 6.61 Å². The SMILES string of the molecule is CCOCc1ccccc1CNC(C)CC(C)C. The third-order valence-electron chi connectivity index (χ3n) is 3.05. The lowest BCUT2D eigenvalue weighted by atomic mass is 10.0. The van der Waals surface area contributed by atoms with Gasteiger partial charge in [-0.25, -0.2) is 0 Å². The van der Waals surface area contributed by atoms with Crippen molar-refractivity contribution in [3.05, 3.63) is 35.4 Å². The van der Waals surface area contributed by atoms with Crippen molar-refractivity contribution in [3.8, 4) is 0 Å². The fourth-order valence-electron chi connectivity index (χ4n) is 2.16. The van der Waals surface area contributed by atoms with Crippen molar-refractivity contribution < 1.29 is 4.74 Å². The van der Waals surface area contributed by atoms with Crippen LogP contribution in [0.5, 0.6) is 0 Å². The number of rotatable bonds is 8. The molecule has 1 N–H and O–H groups in total. The highest BCUT2D eigenvalue weighted by Gasteiger charge is 2.06. The molecule has 102 valence electrons. The highest BCUT2D eigenvalue weighted by molar-refractivity contribution is 5.26. The van der Waals surface area contributed by atoms with Crippen molar-refractivity contribution >= 4 is 0 Å². The first-order valence-corrected chi connectivity index (χ1v) is 7.01. The van der Waals surface area contributed by atoms with E-state index in [1.165, 1.54) is 17.5 Å². The molecule has 1 aromatic carbocycles. The standard InChI is InChI=1S/C16H27NO/c1-5-18-12-16-9-7-6-8-15(16)11-17-14(4)10-13(2)3/h6-9,13-14,17H,5,10-12H2,1-4H3. The van der Waals surface area contributed by atoms with Crippen molar-refractivity contribution in [1.29, 1.82) is 0 Å². The highest BCUT2D eigenvalue weighted by atomic mass is 16.5. The van der Waals surface area contributed by atoms with Gasteiger partial charge < -0.3 is 10.1 Å². The van der Waals surface area contributed by atoms with Gasteiger partial charge in [0.05, 0.1) is 6.61 Å². The molecule has 0 radical (unpaired) electrons. The predicted octanol–water partition coefficient (Wildman–Crippen LogP) is 3.75. The van der Waals surface area contributed by atoms with E-state index in [-0.39, 0.29) is 0 Å². The minimum absolute atomic E-state index is 0.560. The second-order valence-electron chi connectivity index (χ2n) is 5.32. The number of hydrogen-bond donors (Lipinski definition) is 1. The molecule has 1 aromatic rings. The Balaban J connectivity index is 2.50. The fraction of sp³-hybridized carbons (Fsp3) is 0.625. The molecule has 0 heterocycles. The Bertz CT molecular complexity index is 336. The molecule has 0 aliphatic heterocycles. The minimum atomic E-state index is 0.560. The first-order chi connectivity index (χ1) is 8.63. The lowest BCUT2D eigenvalue weighted by molar-refractivity contribution is 0.133. The second-order valence-corrected chi connectivity index (χ2v) is 5.32. The molecule has 0 aliphatic carbocycles. The normalized spacial score (nSPS) is 12.9. The van der Waals surface area contributed by atoms with Crippen molar-refractivity contribution in [2.45, 2.75) is 53.3 Å². The van der Waals surface area contributed by atoms with Crippen molar-refractivity contribution in [1.82, 2.24) is 5.32 Å². The Labute approximate surface area is 112 Å². The molecule has 1 rings (SSSR count). The highest BCUT2D eigenvalue weighted by Crippen LogP contribution is 2.11. The predicted molar refractivity (Wildman–Crippen MR) is 77.5 cm³/mol. The largest absolute Gasteiger partial charge is 0.377 e. The number of benzene rings is 1. The molecule has 0 aliphatic rings. The molecule has 18 heavy (non-hydrogen) atoms. The zero-order chi connectivity index (χ0) is 13.4. The van der Waals surface area contributed by atoms with Crippen molar-refractivity contribution in [2.24, 2.45) is 5.92 Å². The smallest absolute Gasteiger partial charge is 0.0719 e. The lowest BCUT2D eigenvalue weighted by Crippen LogP contribution is -2.27. The minimum Gasteiger partial charge on any atom is -0.377 e. The summed E-state index contributed by atoms with van der Waals surface area (Å²) in [6, 6.07) is 9.07. The van der Waals surface area contributed by atoms with Crippen LogP contribution in [-0.2, 0) is 17.9 Å². The van der Waals surface area contributed by atoms with Gasteiger partial charge in [-0.2, -0.15) is 0 Å². The van der Waals surface area contributed by atoms with Crippen LogP contribution in [-0.4, -0.2) is 12.6 Å². The average molecular weight is 249 g/mol. The van der Waals surface area contributed by atoms with E-state index < -0.39 is 0 Å². The summed E-state index contributed by atoms with van der Waals surface area (Å²) < 4.78 is 5.50. The molecule has 1 unspecified atom stereocenters. The number of nitrogens with one attached hydrogen (secondary N) is 1. The molecule has 0 aromatic heterocycles. The van der Waals surface area contributed by atoms with Crippen LogP contribution in [0.4, 0.5) is 0 Å². The first kappa shape index (κ1) is 15.2. The molecular weight excluding hydrogens is 222 g/mol. The van der Waals surface area contributed by atoms with E-state index in [1.807, 2.05) is 6.92 Å². The molecule has 0 fully saturated rings. The van der Waals surface area contributed by atoms with Gasteiger partial charge in [-0.05, 0) is 37.3 Å². The molecular formula is C16H27NO. The molecule has 2 heteroatoms. The number of hydrogen-bond acceptors (Lipinski definition) is 2. The van der Waals surface area contributed by atoms with Crippen LogP contribution in [0.15, 0.2) is 24.3 Å². The Morgan fingerprint density at radius 1 is 1.11 bits per heavy atom. The summed E-state index contributed by atoms with van der Waals surface area (Å²) in [5.74, 6) is 0.742. The van der Waals surface area contributed by atoms with Gasteiger partial charge in [0.15, 0.2) is 0 Å². The van der Waals surface area contributed by atoms with Gasteiger partial charge >= 0.3 is 0 Å². The summed E-state index contributed by atoms with van der Waals surface area (Å²) in [5.41, 5.74) is 2.64. The van der Waals surface area contributed by atoms with Gasteiger partial charge in [0.25, 0.3) is 0 Å². The Kier molecular flexibility index (Phi) is 6.99. The van der Waals surface area contributed by atoms with Crippen LogP contribution in [0.25, 0.3) is 0 Å². The summed E-state index contributed by atoms with van der Waals surface area (Å²) in [5, 5.41) is 3.59. The van der Waals surface area contributed by atoms with Crippen LogP contribution in [0.3, 0.4) is 0 Å². The van der Waals surface area contributed by atoms with Crippen LogP contribution in [0, 0.1) is 5.92 Å². The Hall–Kier alpha value is -0.860. The third kappa shape index (κ3) is 5.65. The molecule has 1 atom stereocenters. The van der Waals surface area contributed by atoms with Gasteiger partial charge in [-0.15, -0.1) is 0 Å². The maximum absolute atomic E-state index is 5.50. The van der Waals surface area contributed by atoms with E-state index in [2.05, 4.69) is 50.4 Å². The second kappa shape index (κ2) is 8.28. The van der Waals surface area contributed by atoms with E-state index in [4.69, 9.17) is 4.74 Å². The van der Waals surface area contributed by atoms with E-state index >= 15 is 0 Å². The van der Waals surface area contributed by atoms with E-state index in [9.17, 15) is 0 Å². The zero-order valence-electron chi connectivity index (χ0n) is 12.2. The van der Waals surface area contributed by atoms with Gasteiger partial charge in [0.1, 0.15) is 0 Å². The molecule has 0 saturated carbocycles. The zero-order valence-corrected chi connectivity index (χ0v) is 12.2. The van der Waals surface area contributed by atoms with Gasteiger partial charge in [-0.1, -0.05) is 38.1 Å². The summed E-state index contributed by atoms with van der Waals surface area (Å²) in [6.07, 6.45) is 1.22. The van der Waals surface area contributed by atoms with E-state index in [1.54, 1.807) is 0 Å². The van der Waals surface area contributed by atoms with Crippen molar-refractivity contribution in [3.63, 3.8) is 0 Å². The monoisotopic (exact) mass is 249 g/mol. The first-order valence-electron chi connectivity index (χ1n) is 7.01. The Morgan fingerprint density at radius 2 is 1.78 bits per heavy atom. The molecule has 0 bridgehead atoms. The molecule has 2 nitrogen and oxygen atoms in total. The van der Waals surface area contributed by atoms with Crippen LogP contribution in [0.1, 0.15) is 45.2 Å². The molecule has 0 spiro atoms. The maximum Gasteiger partial charge on any atom is 0.0719 e. The summed E-state index contributed by atoms with van der Waals surface area (Å²) in [4.78, 5) is 0. The third-order valence-corrected chi connectivity index (χ3v) is 3.05. The Morgan fingerprint density at radius 3 is 2.39 bits per heavy atom. The van der Waals surface area contributed by atoms with Gasteiger partial charge in [0, 0.05) is 19.2 Å². The van der Waals surface area contributed by atoms with Crippen LogP contribution < -0.4 is 5.32 Å². The quantitative estimate of drug-likeness (QED) is 0.757. The average Bonchev–Trinajstić information content (AvgIpc) is 2.34. The van der Waals surface area contributed by atoms with E-state index in [0.29, 0.717) is 12.6 Å². The fourth-order valence-corrected chi connectivity index (χ4v) is 2.16. The van der Waals surface area contributed by atoms with Gasteiger partial charge in [-0.3, -0.25) is 0 Å². The van der Waals surface area contributed by atoms with Crippen LogP contribution in [0.2, 0.25) is 0 Å². The summed E-state index contributed by atoms with van der Waals surface area (Å²) in [7, 11) is 0. The van der Waals surface area contributed by atoms with Crippen LogP contribution >= 0.6 is 0 Å². The maximum atomic E-state index is 5.50. The summed E-state index contributed by atoms with van der Waals surface area (Å²) >= 11 is 0.